The molecule has 0 aliphatic rings. The molecule has 0 spiro atoms. The van der Waals surface area contributed by atoms with Gasteiger partial charge in [0.25, 0.3) is 5.91 Å². The second-order valence-electron chi connectivity index (χ2n) is 4.80. The Hall–Kier alpha value is -3.05. The van der Waals surface area contributed by atoms with Gasteiger partial charge >= 0.3 is 5.97 Å². The summed E-state index contributed by atoms with van der Waals surface area (Å²) in [5.41, 5.74) is 5.99. The third-order valence-corrected chi connectivity index (χ3v) is 3.96. The summed E-state index contributed by atoms with van der Waals surface area (Å²) in [5, 5.41) is 11.3. The molecular weight excluding hydrogens is 345 g/mol. The minimum atomic E-state index is -0.820. The number of carbonyl (C=O) groups excluding carboxylic acids is 2. The number of hydrogen-bond donors (Lipinski definition) is 2. The number of hydrogen-bond acceptors (Lipinski definition) is 6. The van der Waals surface area contributed by atoms with Crippen molar-refractivity contribution in [2.24, 2.45) is 0 Å². The maximum absolute atomic E-state index is 13.0. The first-order valence-corrected chi connectivity index (χ1v) is 8.10. The van der Waals surface area contributed by atoms with Crippen LogP contribution in [-0.2, 0) is 9.53 Å². The van der Waals surface area contributed by atoms with E-state index in [0.29, 0.717) is 5.69 Å². The summed E-state index contributed by atoms with van der Waals surface area (Å²) in [6, 6.07) is 12.2. The summed E-state index contributed by atoms with van der Waals surface area (Å²) in [6.07, 6.45) is 0. The van der Waals surface area contributed by atoms with E-state index in [1.54, 1.807) is 24.3 Å². The first-order valence-electron chi connectivity index (χ1n) is 7.12. The lowest BCUT2D eigenvalue weighted by molar-refractivity contribution is -0.119. The van der Waals surface area contributed by atoms with Crippen LogP contribution in [0.5, 0.6) is 0 Å². The van der Waals surface area contributed by atoms with Crippen LogP contribution in [0.25, 0.3) is 0 Å². The van der Waals surface area contributed by atoms with Gasteiger partial charge in [0.2, 0.25) is 0 Å². The summed E-state index contributed by atoms with van der Waals surface area (Å²) in [5.74, 6) is -1.69. The summed E-state index contributed by atoms with van der Waals surface area (Å²) in [6.45, 7) is -0.521. The molecule has 0 fully saturated rings. The van der Waals surface area contributed by atoms with Crippen molar-refractivity contribution in [3.63, 3.8) is 0 Å². The average Bonchev–Trinajstić information content (AvgIpc) is 2.59. The second-order valence-corrected chi connectivity index (χ2v) is 5.82. The molecule has 0 saturated heterocycles. The fraction of sp³-hybridized carbons (Fsp3) is 0.118. The van der Waals surface area contributed by atoms with Crippen molar-refractivity contribution in [2.75, 3.05) is 23.4 Å². The van der Waals surface area contributed by atoms with Gasteiger partial charge in [0, 0.05) is 10.6 Å². The Kier molecular flexibility index (Phi) is 6.37. The van der Waals surface area contributed by atoms with E-state index >= 15 is 0 Å². The van der Waals surface area contributed by atoms with Crippen LogP contribution >= 0.6 is 11.8 Å². The Labute approximate surface area is 147 Å². The number of nitrogens with one attached hydrogen (secondary N) is 1. The van der Waals surface area contributed by atoms with Crippen molar-refractivity contribution in [3.8, 4) is 6.07 Å². The van der Waals surface area contributed by atoms with Gasteiger partial charge in [-0.05, 0) is 30.3 Å². The molecule has 0 aliphatic heterocycles. The number of thioether (sulfide) groups is 1. The highest BCUT2D eigenvalue weighted by Gasteiger charge is 2.14. The van der Waals surface area contributed by atoms with Crippen LogP contribution in [0.4, 0.5) is 15.8 Å². The molecular formula is C17H14FN3O3S. The number of rotatable bonds is 6. The van der Waals surface area contributed by atoms with Gasteiger partial charge < -0.3 is 15.8 Å². The lowest BCUT2D eigenvalue weighted by Gasteiger charge is -2.10. The maximum Gasteiger partial charge on any atom is 0.340 e. The Morgan fingerprint density at radius 1 is 1.28 bits per heavy atom. The van der Waals surface area contributed by atoms with Crippen molar-refractivity contribution >= 4 is 35.0 Å². The summed E-state index contributed by atoms with van der Waals surface area (Å²) < 4.78 is 17.9. The molecule has 3 N–H and O–H groups in total. The van der Waals surface area contributed by atoms with Gasteiger partial charge in [-0.15, -0.1) is 11.8 Å². The molecule has 0 unspecified atom stereocenters. The van der Waals surface area contributed by atoms with Crippen molar-refractivity contribution in [1.82, 2.24) is 0 Å². The zero-order valence-corrected chi connectivity index (χ0v) is 13.8. The predicted octanol–water partition coefficient (Wildman–Crippen LogP) is 2.82. The summed E-state index contributed by atoms with van der Waals surface area (Å²) in [4.78, 5) is 24.6. The highest BCUT2D eigenvalue weighted by atomic mass is 32.2. The van der Waals surface area contributed by atoms with E-state index in [2.05, 4.69) is 5.32 Å². The first-order chi connectivity index (χ1) is 12.0. The van der Waals surface area contributed by atoms with Crippen molar-refractivity contribution < 1.29 is 18.7 Å². The fourth-order valence-electron chi connectivity index (χ4n) is 1.92. The zero-order valence-electron chi connectivity index (χ0n) is 13.0. The molecule has 6 nitrogen and oxygen atoms in total. The number of nitrogens with zero attached hydrogens (tertiary/aromatic N) is 1. The average molecular weight is 359 g/mol. The predicted molar refractivity (Wildman–Crippen MR) is 92.5 cm³/mol. The van der Waals surface area contributed by atoms with Gasteiger partial charge in [0.1, 0.15) is 5.82 Å². The zero-order chi connectivity index (χ0) is 18.2. The molecule has 0 heterocycles. The lowest BCUT2D eigenvalue weighted by Crippen LogP contribution is -2.21. The maximum atomic E-state index is 13.0. The largest absolute Gasteiger partial charge is 0.452 e. The molecule has 0 aromatic heterocycles. The Morgan fingerprint density at radius 2 is 2.04 bits per heavy atom. The van der Waals surface area contributed by atoms with Gasteiger partial charge in [-0.1, -0.05) is 12.1 Å². The minimum absolute atomic E-state index is 0.0147. The minimum Gasteiger partial charge on any atom is -0.452 e. The molecule has 2 rings (SSSR count). The van der Waals surface area contributed by atoms with Crippen LogP contribution in [-0.4, -0.2) is 24.2 Å². The van der Waals surface area contributed by atoms with Gasteiger partial charge in [0.15, 0.2) is 6.61 Å². The molecule has 0 bridgehead atoms. The molecule has 2 aromatic carbocycles. The number of anilines is 2. The molecule has 0 atom stereocenters. The van der Waals surface area contributed by atoms with Gasteiger partial charge in [-0.3, -0.25) is 4.79 Å². The number of amides is 1. The van der Waals surface area contributed by atoms with Crippen molar-refractivity contribution in [2.45, 2.75) is 4.90 Å². The van der Waals surface area contributed by atoms with Gasteiger partial charge in [-0.2, -0.15) is 5.26 Å². The van der Waals surface area contributed by atoms with Gasteiger partial charge in [-0.25, -0.2) is 9.18 Å². The van der Waals surface area contributed by atoms with Crippen LogP contribution in [0, 0.1) is 17.1 Å². The van der Waals surface area contributed by atoms with E-state index in [4.69, 9.17) is 15.7 Å². The van der Waals surface area contributed by atoms with E-state index < -0.39 is 24.3 Å². The smallest absolute Gasteiger partial charge is 0.340 e. The number of esters is 1. The number of nitrogen functional groups attached to an aromatic ring is 1. The third-order valence-electron chi connectivity index (χ3n) is 3.02. The molecule has 128 valence electrons. The third kappa shape index (κ3) is 5.22. The van der Waals surface area contributed by atoms with Gasteiger partial charge in [0.05, 0.1) is 23.1 Å². The van der Waals surface area contributed by atoms with E-state index in [9.17, 15) is 14.0 Å². The SMILES string of the molecule is N#CCSc1ccccc1NC(=O)COC(=O)c1ccc(F)cc1N. The van der Waals surface area contributed by atoms with E-state index in [1.807, 2.05) is 6.07 Å². The molecule has 0 radical (unpaired) electrons. The standard InChI is InChI=1S/C17H14FN3O3S/c18-11-5-6-12(13(20)9-11)17(23)24-10-16(22)21-14-3-1-2-4-15(14)25-8-7-19/h1-6,9H,8,10,20H2,(H,21,22). The fourth-order valence-corrected chi connectivity index (χ4v) is 2.59. The topological polar surface area (TPSA) is 105 Å². The Balaban J connectivity index is 1.95. The monoisotopic (exact) mass is 359 g/mol. The molecule has 0 aliphatic carbocycles. The van der Waals surface area contributed by atoms with Crippen LogP contribution in [0.3, 0.4) is 0 Å². The van der Waals surface area contributed by atoms with E-state index in [-0.39, 0.29) is 17.0 Å². The van der Waals surface area contributed by atoms with Crippen molar-refractivity contribution in [1.29, 1.82) is 5.26 Å². The molecule has 25 heavy (non-hydrogen) atoms. The lowest BCUT2D eigenvalue weighted by atomic mass is 10.2. The van der Waals surface area contributed by atoms with Crippen LogP contribution < -0.4 is 11.1 Å². The number of nitrogens with two attached hydrogens (primary N) is 1. The van der Waals surface area contributed by atoms with Crippen LogP contribution in [0.1, 0.15) is 10.4 Å². The molecule has 0 saturated carbocycles. The highest BCUT2D eigenvalue weighted by molar-refractivity contribution is 7.99. The normalized spacial score (nSPS) is 9.92. The van der Waals surface area contributed by atoms with E-state index in [1.165, 1.54) is 17.8 Å². The van der Waals surface area contributed by atoms with E-state index in [0.717, 1.165) is 17.0 Å². The number of benzene rings is 2. The first kappa shape index (κ1) is 18.3. The number of para-hydroxylation sites is 1. The summed E-state index contributed by atoms with van der Waals surface area (Å²) >= 11 is 1.28. The number of halogens is 1. The summed E-state index contributed by atoms with van der Waals surface area (Å²) in [7, 11) is 0. The number of carbonyl (C=O) groups is 2. The highest BCUT2D eigenvalue weighted by Crippen LogP contribution is 2.26. The Morgan fingerprint density at radius 3 is 2.76 bits per heavy atom. The molecule has 1 amide bonds. The second kappa shape index (κ2) is 8.70. The quantitative estimate of drug-likeness (QED) is 0.467. The number of ether oxygens (including phenoxy) is 1. The molecule has 8 heteroatoms. The van der Waals surface area contributed by atoms with Crippen LogP contribution in [0.15, 0.2) is 47.4 Å². The molecule has 2 aromatic rings. The van der Waals surface area contributed by atoms with Crippen LogP contribution in [0.2, 0.25) is 0 Å². The Bertz CT molecular complexity index is 836. The number of nitriles is 1. The van der Waals surface area contributed by atoms with Crippen molar-refractivity contribution in [3.05, 3.63) is 53.8 Å².